The number of hydrogen-bond donors (Lipinski definition) is 5. The summed E-state index contributed by atoms with van der Waals surface area (Å²) in [4.78, 5) is 68.1. The Morgan fingerprint density at radius 3 is 1.59 bits per heavy atom. The second kappa shape index (κ2) is 22.2. The molecule has 2 aromatic rings. The average Bonchev–Trinajstić information content (AvgIpc) is 3.11. The molecule has 1 aliphatic heterocycles. The number of hydrogen-bond acceptors (Lipinski definition) is 12. The number of aliphatic hydroxyl groups excluding tert-OH is 4. The van der Waals surface area contributed by atoms with Gasteiger partial charge in [0.1, 0.15) is 24.3 Å². The zero-order chi connectivity index (χ0) is 36.8. The number of rotatable bonds is 10. The van der Waals surface area contributed by atoms with Crippen molar-refractivity contribution < 1.29 is 54.6 Å². The van der Waals surface area contributed by atoms with Crippen molar-refractivity contribution in [2.24, 2.45) is 5.92 Å². The van der Waals surface area contributed by atoms with Crippen LogP contribution >= 0.6 is 0 Å². The van der Waals surface area contributed by atoms with E-state index in [1.54, 1.807) is 13.8 Å². The van der Waals surface area contributed by atoms with E-state index in [-0.39, 0.29) is 57.6 Å². The first-order chi connectivity index (χ1) is 23.2. The van der Waals surface area contributed by atoms with Crippen LogP contribution in [0.4, 0.5) is 11.4 Å². The van der Waals surface area contributed by atoms with Crippen LogP contribution in [-0.2, 0) is 22.8 Å². The molecule has 1 saturated carbocycles. The minimum Gasteiger partial charge on any atom is -0.477 e. The van der Waals surface area contributed by atoms with E-state index < -0.39 is 51.4 Å². The SMILES string of the molecule is C.C.Cc1cc([N+](=O)[O-])c(C(=O)N2CCCC[C@@H]2C(=O)CO)cc1CO.Cc1cc([N+](=O)[O-])c(C(=O)O)cc1CO.O=C(CO)C1CCCCC1. The summed E-state index contributed by atoms with van der Waals surface area (Å²) in [6.45, 7) is 1.87. The van der Waals surface area contributed by atoms with Gasteiger partial charge in [0.25, 0.3) is 17.3 Å². The van der Waals surface area contributed by atoms with Crippen molar-refractivity contribution in [3.8, 4) is 0 Å². The van der Waals surface area contributed by atoms with Crippen LogP contribution in [-0.4, -0.2) is 89.5 Å². The molecule has 0 unspecified atom stereocenters. The fourth-order valence-electron chi connectivity index (χ4n) is 5.78. The number of nitro benzene ring substituents is 2. The third kappa shape index (κ3) is 12.6. The molecule has 1 aliphatic carbocycles. The Balaban J connectivity index is 0.000000793. The summed E-state index contributed by atoms with van der Waals surface area (Å²) in [6.07, 6.45) is 7.45. The molecule has 0 spiro atoms. The van der Waals surface area contributed by atoms with Crippen LogP contribution in [0.1, 0.15) is 109 Å². The van der Waals surface area contributed by atoms with E-state index in [0.717, 1.165) is 44.2 Å². The average molecular weight is 722 g/mol. The van der Waals surface area contributed by atoms with Crippen LogP contribution in [0.5, 0.6) is 0 Å². The summed E-state index contributed by atoms with van der Waals surface area (Å²) in [6, 6.07) is 4.07. The number of ketones is 2. The van der Waals surface area contributed by atoms with Gasteiger partial charge >= 0.3 is 5.97 Å². The predicted molar refractivity (Wildman–Crippen MR) is 187 cm³/mol. The topological polar surface area (TPSA) is 259 Å². The van der Waals surface area contributed by atoms with E-state index in [0.29, 0.717) is 41.6 Å². The molecule has 0 aromatic heterocycles. The standard InChI is InChI=1S/C16H20N2O6.C9H9NO5.C8H14O2.2CH4/c1-10-6-14(18(23)24)12(7-11(10)8-19)16(22)17-5-3-2-4-13(17)15(21)9-20;1-5-2-8(10(14)15)7(9(12)13)3-6(5)4-11;9-6-8(10)7-4-2-1-3-5-7;;/h6-7,13,19-20H,2-5,8-9H2,1H3;2-3,11H,4H2,1H3,(H,12,13);7,9H,1-6H2;2*1H4/t13-;;;;/m1..../s1. The van der Waals surface area contributed by atoms with E-state index in [1.807, 2.05) is 0 Å². The first kappa shape index (κ1) is 46.4. The molecule has 1 heterocycles. The number of carbonyl (C=O) groups is 4. The van der Waals surface area contributed by atoms with Crippen molar-refractivity contribution in [3.05, 3.63) is 77.9 Å². The maximum absolute atomic E-state index is 12.8. The fraction of sp³-hybridized carbons (Fsp3) is 0.543. The van der Waals surface area contributed by atoms with Gasteiger partial charge in [-0.05, 0) is 80.3 Å². The first-order valence-corrected chi connectivity index (χ1v) is 15.8. The predicted octanol–water partition coefficient (Wildman–Crippen LogP) is 4.45. The molecule has 1 atom stereocenters. The number of nitro groups is 2. The Bertz CT molecular complexity index is 1540. The van der Waals surface area contributed by atoms with Gasteiger partial charge in [-0.3, -0.25) is 34.6 Å². The number of aryl methyl sites for hydroxylation is 2. The second-order valence-electron chi connectivity index (χ2n) is 11.8. The number of aliphatic hydroxyl groups is 4. The van der Waals surface area contributed by atoms with Crippen molar-refractivity contribution in [2.75, 3.05) is 19.8 Å². The number of piperidine rings is 1. The molecule has 1 saturated heterocycles. The molecule has 0 radical (unpaired) electrons. The summed E-state index contributed by atoms with van der Waals surface area (Å²) in [7, 11) is 0. The van der Waals surface area contributed by atoms with Gasteiger partial charge in [-0.15, -0.1) is 0 Å². The molecule has 0 bridgehead atoms. The third-order valence-electron chi connectivity index (χ3n) is 8.61. The molecule has 1 amide bonds. The Kier molecular flexibility index (Phi) is 20.2. The van der Waals surface area contributed by atoms with Gasteiger partial charge in [0.15, 0.2) is 11.6 Å². The van der Waals surface area contributed by atoms with E-state index in [2.05, 4.69) is 0 Å². The van der Waals surface area contributed by atoms with Crippen LogP contribution in [0.15, 0.2) is 24.3 Å². The molecule has 2 fully saturated rings. The van der Waals surface area contributed by atoms with E-state index in [4.69, 9.17) is 20.4 Å². The number of carboxylic acids is 1. The number of carbonyl (C=O) groups excluding carboxylic acids is 3. The maximum Gasteiger partial charge on any atom is 0.342 e. The number of carboxylic acid groups (broad SMARTS) is 1. The van der Waals surface area contributed by atoms with Crippen molar-refractivity contribution in [2.45, 2.75) is 99.3 Å². The lowest BCUT2D eigenvalue weighted by Crippen LogP contribution is -2.49. The van der Waals surface area contributed by atoms with Crippen LogP contribution < -0.4 is 0 Å². The maximum atomic E-state index is 12.8. The van der Waals surface area contributed by atoms with Crippen molar-refractivity contribution in [3.63, 3.8) is 0 Å². The minimum atomic E-state index is -1.38. The van der Waals surface area contributed by atoms with E-state index in [1.165, 1.54) is 23.5 Å². The van der Waals surface area contributed by atoms with Crippen LogP contribution in [0.25, 0.3) is 0 Å². The van der Waals surface area contributed by atoms with Crippen molar-refractivity contribution >= 4 is 34.8 Å². The normalized spacial score (nSPS) is 15.3. The van der Waals surface area contributed by atoms with Gasteiger partial charge < -0.3 is 30.4 Å². The summed E-state index contributed by atoms with van der Waals surface area (Å²) in [5.74, 6) is -2.25. The second-order valence-corrected chi connectivity index (χ2v) is 11.8. The van der Waals surface area contributed by atoms with Crippen LogP contribution in [0.2, 0.25) is 0 Å². The number of benzene rings is 2. The Hall–Kier alpha value is -4.64. The third-order valence-corrected chi connectivity index (χ3v) is 8.61. The summed E-state index contributed by atoms with van der Waals surface area (Å²) in [5.41, 5.74) is 0.440. The van der Waals surface area contributed by atoms with E-state index >= 15 is 0 Å². The molecule has 51 heavy (non-hydrogen) atoms. The quantitative estimate of drug-likeness (QED) is 0.168. The zero-order valence-electron chi connectivity index (χ0n) is 27.5. The largest absolute Gasteiger partial charge is 0.477 e. The first-order valence-electron chi connectivity index (χ1n) is 15.8. The Morgan fingerprint density at radius 1 is 0.706 bits per heavy atom. The van der Waals surface area contributed by atoms with Crippen LogP contribution in [0, 0.1) is 40.0 Å². The highest BCUT2D eigenvalue weighted by Gasteiger charge is 2.35. The molecule has 2 aliphatic rings. The van der Waals surface area contributed by atoms with Gasteiger partial charge in [-0.25, -0.2) is 4.79 Å². The number of Topliss-reactive ketones (excluding diaryl/α,β-unsaturated/α-hetero) is 2. The van der Waals surface area contributed by atoms with Crippen molar-refractivity contribution in [1.82, 2.24) is 4.90 Å². The lowest BCUT2D eigenvalue weighted by atomic mass is 9.86. The molecule has 4 rings (SSSR count). The highest BCUT2D eigenvalue weighted by molar-refractivity contribution is 6.01. The van der Waals surface area contributed by atoms with E-state index in [9.17, 15) is 44.5 Å². The highest BCUT2D eigenvalue weighted by atomic mass is 16.6. The monoisotopic (exact) mass is 721 g/mol. The lowest BCUT2D eigenvalue weighted by Gasteiger charge is -2.34. The molecular weight excluding hydrogens is 670 g/mol. The summed E-state index contributed by atoms with van der Waals surface area (Å²) < 4.78 is 0. The molecular formula is C35H51N3O13. The smallest absolute Gasteiger partial charge is 0.342 e. The molecule has 2 aromatic carbocycles. The van der Waals surface area contributed by atoms with Gasteiger partial charge in [-0.1, -0.05) is 34.1 Å². The number of likely N-dealkylation sites (tertiary alicyclic amines) is 1. The summed E-state index contributed by atoms with van der Waals surface area (Å²) >= 11 is 0. The Labute approximate surface area is 297 Å². The van der Waals surface area contributed by atoms with Crippen LogP contribution in [0.3, 0.4) is 0 Å². The van der Waals surface area contributed by atoms with Gasteiger partial charge in [0.05, 0.1) is 29.1 Å². The minimum absolute atomic E-state index is 0. The highest BCUT2D eigenvalue weighted by Crippen LogP contribution is 2.29. The van der Waals surface area contributed by atoms with Gasteiger partial charge in [0, 0.05) is 24.6 Å². The van der Waals surface area contributed by atoms with Gasteiger partial charge in [0.2, 0.25) is 0 Å². The lowest BCUT2D eigenvalue weighted by molar-refractivity contribution is -0.385. The number of aromatic carboxylic acids is 1. The molecule has 5 N–H and O–H groups in total. The number of nitrogens with zero attached hydrogens (tertiary/aromatic N) is 3. The molecule has 16 heteroatoms. The Morgan fingerprint density at radius 2 is 1.16 bits per heavy atom. The summed E-state index contributed by atoms with van der Waals surface area (Å²) in [5, 5.41) is 66.5. The van der Waals surface area contributed by atoms with Gasteiger partial charge in [-0.2, -0.15) is 0 Å². The molecule has 284 valence electrons. The molecule has 16 nitrogen and oxygen atoms in total. The zero-order valence-corrected chi connectivity index (χ0v) is 27.5. The van der Waals surface area contributed by atoms with Crippen molar-refractivity contribution in [1.29, 1.82) is 0 Å². The fourth-order valence-corrected chi connectivity index (χ4v) is 5.78. The number of amides is 1.